The zero-order valence-electron chi connectivity index (χ0n) is 14.4. The molecule has 2 rings (SSSR count). The van der Waals surface area contributed by atoms with Crippen LogP contribution in [0.15, 0.2) is 36.8 Å². The van der Waals surface area contributed by atoms with E-state index in [1.54, 1.807) is 12.1 Å². The predicted octanol–water partition coefficient (Wildman–Crippen LogP) is -1.09. The first-order chi connectivity index (χ1) is 12.9. The molecule has 0 fully saturated rings. The Morgan fingerprint density at radius 3 is 2.37 bits per heavy atom. The molecule has 144 valence electrons. The summed E-state index contributed by atoms with van der Waals surface area (Å²) in [5.41, 5.74) is 6.51. The van der Waals surface area contributed by atoms with Crippen molar-refractivity contribution in [3.8, 4) is 5.75 Å². The minimum absolute atomic E-state index is 0.0117. The number of carboxylic acids is 1. The van der Waals surface area contributed by atoms with Crippen LogP contribution in [0.2, 0.25) is 0 Å². The average molecular weight is 375 g/mol. The number of phenolic OH excluding ortho intramolecular Hbond substituents is 1. The first-order valence-electron chi connectivity index (χ1n) is 8.16. The number of nitrogens with zero attached hydrogens (tertiary/aromatic N) is 1. The number of hydrogen-bond acceptors (Lipinski definition) is 6. The minimum Gasteiger partial charge on any atom is -0.508 e. The Balaban J connectivity index is 2.11. The summed E-state index contributed by atoms with van der Waals surface area (Å²) in [7, 11) is 0. The summed E-state index contributed by atoms with van der Waals surface area (Å²) in [6.07, 6.45) is 2.99. The molecule has 0 unspecified atom stereocenters. The van der Waals surface area contributed by atoms with Crippen molar-refractivity contribution in [3.05, 3.63) is 48.0 Å². The highest BCUT2D eigenvalue weighted by Gasteiger charge is 2.27. The molecule has 0 aliphatic carbocycles. The number of nitrogens with one attached hydrogen (secondary N) is 3. The lowest BCUT2D eigenvalue weighted by molar-refractivity contribution is -0.142. The van der Waals surface area contributed by atoms with Crippen molar-refractivity contribution in [2.75, 3.05) is 6.54 Å². The van der Waals surface area contributed by atoms with Gasteiger partial charge in [-0.3, -0.25) is 9.59 Å². The van der Waals surface area contributed by atoms with Gasteiger partial charge in [0.2, 0.25) is 11.8 Å². The van der Waals surface area contributed by atoms with Crippen LogP contribution in [0.1, 0.15) is 11.3 Å². The topological polar surface area (TPSA) is 170 Å². The molecule has 1 heterocycles. The van der Waals surface area contributed by atoms with Crippen LogP contribution in [-0.4, -0.2) is 56.6 Å². The third-order valence-electron chi connectivity index (χ3n) is 3.81. The third kappa shape index (κ3) is 6.12. The fraction of sp³-hybridized carbons (Fsp3) is 0.294. The lowest BCUT2D eigenvalue weighted by Gasteiger charge is -2.21. The number of carbonyl (C=O) groups is 3. The number of nitrogens with two attached hydrogens (primary N) is 1. The Morgan fingerprint density at radius 2 is 1.81 bits per heavy atom. The Labute approximate surface area is 154 Å². The summed E-state index contributed by atoms with van der Waals surface area (Å²) in [5.74, 6) is -2.35. The maximum atomic E-state index is 12.6. The second-order valence-electron chi connectivity index (χ2n) is 5.88. The SMILES string of the molecule is NCC(=O)N[C@@H](Cc1ccc(O)cc1)C(=O)N[C@@H](Cc1cnc[nH]1)C(=O)O. The van der Waals surface area contributed by atoms with E-state index in [-0.39, 0.29) is 25.1 Å². The molecule has 0 spiro atoms. The molecule has 0 bridgehead atoms. The summed E-state index contributed by atoms with van der Waals surface area (Å²) in [6.45, 7) is -0.310. The molecule has 2 amide bonds. The largest absolute Gasteiger partial charge is 0.508 e. The molecule has 0 aliphatic heterocycles. The first kappa shape index (κ1) is 19.9. The number of carboxylic acid groups (broad SMARTS) is 1. The first-order valence-corrected chi connectivity index (χ1v) is 8.16. The second-order valence-corrected chi connectivity index (χ2v) is 5.88. The van der Waals surface area contributed by atoms with Gasteiger partial charge in [0.25, 0.3) is 0 Å². The summed E-state index contributed by atoms with van der Waals surface area (Å²) in [6, 6.07) is 3.89. The fourth-order valence-corrected chi connectivity index (χ4v) is 2.42. The van der Waals surface area contributed by atoms with Crippen LogP contribution in [-0.2, 0) is 27.2 Å². The zero-order valence-corrected chi connectivity index (χ0v) is 14.4. The van der Waals surface area contributed by atoms with Gasteiger partial charge in [0.05, 0.1) is 12.9 Å². The van der Waals surface area contributed by atoms with Gasteiger partial charge in [-0.2, -0.15) is 0 Å². The number of aliphatic carboxylic acids is 1. The van der Waals surface area contributed by atoms with E-state index in [9.17, 15) is 24.6 Å². The number of benzene rings is 1. The zero-order chi connectivity index (χ0) is 19.8. The van der Waals surface area contributed by atoms with Crippen LogP contribution >= 0.6 is 0 Å². The molecular weight excluding hydrogens is 354 g/mol. The van der Waals surface area contributed by atoms with Crippen LogP contribution in [0.25, 0.3) is 0 Å². The minimum atomic E-state index is -1.22. The molecule has 10 heteroatoms. The smallest absolute Gasteiger partial charge is 0.326 e. The molecule has 2 atom stereocenters. The number of H-pyrrole nitrogens is 1. The third-order valence-corrected chi connectivity index (χ3v) is 3.81. The van der Waals surface area contributed by atoms with Crippen molar-refractivity contribution in [1.82, 2.24) is 20.6 Å². The molecule has 0 aliphatic rings. The molecule has 10 nitrogen and oxygen atoms in total. The highest BCUT2D eigenvalue weighted by Crippen LogP contribution is 2.12. The standard InChI is InChI=1S/C17H21N5O5/c18-7-15(24)21-13(5-10-1-3-12(23)4-2-10)16(25)22-14(17(26)27)6-11-8-19-9-20-11/h1-4,8-9,13-14,23H,5-7,18H2,(H,19,20)(H,21,24)(H,22,25)(H,26,27)/t13-,14-/m0/s1. The van der Waals surface area contributed by atoms with Crippen molar-refractivity contribution in [3.63, 3.8) is 0 Å². The van der Waals surface area contributed by atoms with Gasteiger partial charge in [0, 0.05) is 24.7 Å². The van der Waals surface area contributed by atoms with Gasteiger partial charge in [-0.25, -0.2) is 9.78 Å². The molecule has 0 saturated heterocycles. The molecule has 1 aromatic heterocycles. The second kappa shape index (κ2) is 9.34. The quantitative estimate of drug-likeness (QED) is 0.323. The fourth-order valence-electron chi connectivity index (χ4n) is 2.42. The molecule has 7 N–H and O–H groups in total. The number of aromatic hydroxyl groups is 1. The van der Waals surface area contributed by atoms with Gasteiger partial charge in [-0.1, -0.05) is 12.1 Å². The van der Waals surface area contributed by atoms with E-state index in [0.29, 0.717) is 11.3 Å². The van der Waals surface area contributed by atoms with Crippen molar-refractivity contribution in [1.29, 1.82) is 0 Å². The highest BCUT2D eigenvalue weighted by molar-refractivity contribution is 5.91. The van der Waals surface area contributed by atoms with E-state index in [2.05, 4.69) is 20.6 Å². The number of imidazole rings is 1. The number of phenols is 1. The average Bonchev–Trinajstić information content (AvgIpc) is 3.15. The lowest BCUT2D eigenvalue weighted by atomic mass is 10.0. The summed E-state index contributed by atoms with van der Waals surface area (Å²) in [4.78, 5) is 42.3. The number of aromatic nitrogens is 2. The van der Waals surface area contributed by atoms with E-state index >= 15 is 0 Å². The number of aromatic amines is 1. The lowest BCUT2D eigenvalue weighted by Crippen LogP contribution is -2.54. The van der Waals surface area contributed by atoms with Crippen LogP contribution in [0.4, 0.5) is 0 Å². The highest BCUT2D eigenvalue weighted by atomic mass is 16.4. The van der Waals surface area contributed by atoms with Crippen LogP contribution in [0, 0.1) is 0 Å². The molecule has 0 saturated carbocycles. The van der Waals surface area contributed by atoms with E-state index in [0.717, 1.165) is 0 Å². The predicted molar refractivity (Wildman–Crippen MR) is 94.7 cm³/mol. The van der Waals surface area contributed by atoms with Crippen LogP contribution in [0.5, 0.6) is 5.75 Å². The normalized spacial score (nSPS) is 12.8. The summed E-state index contributed by atoms with van der Waals surface area (Å²) >= 11 is 0. The summed E-state index contributed by atoms with van der Waals surface area (Å²) in [5, 5.41) is 23.6. The Kier molecular flexibility index (Phi) is 6.89. The summed E-state index contributed by atoms with van der Waals surface area (Å²) < 4.78 is 0. The van der Waals surface area contributed by atoms with E-state index < -0.39 is 29.9 Å². The van der Waals surface area contributed by atoms with Crippen LogP contribution in [0.3, 0.4) is 0 Å². The molecule has 27 heavy (non-hydrogen) atoms. The van der Waals surface area contributed by atoms with Crippen LogP contribution < -0.4 is 16.4 Å². The molecule has 0 radical (unpaired) electrons. The number of hydrogen-bond donors (Lipinski definition) is 6. The van der Waals surface area contributed by atoms with Crippen molar-refractivity contribution >= 4 is 17.8 Å². The number of rotatable bonds is 9. The molecular formula is C17H21N5O5. The van der Waals surface area contributed by atoms with E-state index in [1.165, 1.54) is 24.7 Å². The van der Waals surface area contributed by atoms with Crippen molar-refractivity contribution in [2.24, 2.45) is 5.73 Å². The Bertz CT molecular complexity index is 776. The van der Waals surface area contributed by atoms with Gasteiger partial charge >= 0.3 is 5.97 Å². The van der Waals surface area contributed by atoms with Gasteiger partial charge in [-0.15, -0.1) is 0 Å². The molecule has 2 aromatic rings. The van der Waals surface area contributed by atoms with E-state index in [4.69, 9.17) is 5.73 Å². The van der Waals surface area contributed by atoms with Gasteiger partial charge in [-0.05, 0) is 17.7 Å². The van der Waals surface area contributed by atoms with E-state index in [1.807, 2.05) is 0 Å². The van der Waals surface area contributed by atoms with Gasteiger partial charge < -0.3 is 31.6 Å². The van der Waals surface area contributed by atoms with Crippen molar-refractivity contribution < 1.29 is 24.6 Å². The monoisotopic (exact) mass is 375 g/mol. The maximum Gasteiger partial charge on any atom is 0.326 e. The number of amides is 2. The Hall–Kier alpha value is -3.40. The van der Waals surface area contributed by atoms with Crippen molar-refractivity contribution in [2.45, 2.75) is 24.9 Å². The number of carbonyl (C=O) groups excluding carboxylic acids is 2. The maximum absolute atomic E-state index is 12.6. The Morgan fingerprint density at radius 1 is 1.11 bits per heavy atom. The van der Waals surface area contributed by atoms with Gasteiger partial charge in [0.1, 0.15) is 17.8 Å². The van der Waals surface area contributed by atoms with Gasteiger partial charge in [0.15, 0.2) is 0 Å². The molecule has 1 aromatic carbocycles.